The normalized spacial score (nSPS) is 12.1. The molecule has 64 heavy (non-hydrogen) atoms. The molecule has 0 unspecified atom stereocenters. The molecular weight excluding hydrogens is 781 g/mol. The molecule has 10 aromatic carbocycles. The zero-order valence-corrected chi connectivity index (χ0v) is 34.5. The van der Waals surface area contributed by atoms with Crippen molar-refractivity contribution in [2.45, 2.75) is 0 Å². The fraction of sp³-hybridized carbons (Fsp3) is 0. The summed E-state index contributed by atoms with van der Waals surface area (Å²) in [6.07, 6.45) is 0. The summed E-state index contributed by atoms with van der Waals surface area (Å²) in [5, 5.41) is 9.60. The van der Waals surface area contributed by atoms with E-state index < -0.39 is 0 Å². The van der Waals surface area contributed by atoms with Crippen LogP contribution in [0.25, 0.3) is 115 Å². The van der Waals surface area contributed by atoms with Crippen LogP contribution in [-0.2, 0) is 0 Å². The summed E-state index contributed by atoms with van der Waals surface area (Å²) in [5.41, 5.74) is 17.3. The summed E-state index contributed by atoms with van der Waals surface area (Å²) in [7, 11) is 0. The number of nitrogens with zero attached hydrogens (tertiary/aromatic N) is 2. The fourth-order valence-electron chi connectivity index (χ4n) is 10.3. The van der Waals surface area contributed by atoms with Gasteiger partial charge in [-0.2, -0.15) is 0 Å². The highest BCUT2D eigenvalue weighted by atomic mass is 16.3. The molecule has 0 fully saturated rings. The monoisotopic (exact) mass is 816 g/mol. The van der Waals surface area contributed by atoms with E-state index in [1.807, 2.05) is 12.1 Å². The SMILES string of the molecule is c1ccc(-c2ccc(N(c3ccc(-c4ccc5c(c4)oc4ccccc45)cc3)c3ccc4c(c3)oc3cc(-c5ccc6c7cccc8c9ccccc9n(c6c5)c87)ccc34)cc2)cc1. The van der Waals surface area contributed by atoms with Gasteiger partial charge >= 0.3 is 0 Å². The molecule has 0 bridgehead atoms. The lowest BCUT2D eigenvalue weighted by Gasteiger charge is -2.26. The minimum absolute atomic E-state index is 0.844. The van der Waals surface area contributed by atoms with Gasteiger partial charge in [0.05, 0.1) is 16.6 Å². The van der Waals surface area contributed by atoms with E-state index in [0.717, 1.165) is 83.2 Å². The van der Waals surface area contributed by atoms with Crippen LogP contribution in [0.2, 0.25) is 0 Å². The Hall–Kier alpha value is -8.60. The van der Waals surface area contributed by atoms with E-state index in [1.165, 1.54) is 49.2 Å². The van der Waals surface area contributed by atoms with Crippen molar-refractivity contribution in [3.8, 4) is 33.4 Å². The summed E-state index contributed by atoms with van der Waals surface area (Å²) in [5.74, 6) is 0. The summed E-state index contributed by atoms with van der Waals surface area (Å²) in [6.45, 7) is 0. The predicted molar refractivity (Wildman–Crippen MR) is 267 cm³/mol. The minimum Gasteiger partial charge on any atom is -0.456 e. The lowest BCUT2D eigenvalue weighted by Crippen LogP contribution is -2.09. The third-order valence-corrected chi connectivity index (χ3v) is 13.3. The third kappa shape index (κ3) is 5.23. The first-order chi connectivity index (χ1) is 31.7. The van der Waals surface area contributed by atoms with Crippen LogP contribution in [0.1, 0.15) is 0 Å². The number of para-hydroxylation sites is 3. The summed E-state index contributed by atoms with van der Waals surface area (Å²) in [6, 6.07) is 78.4. The average Bonchev–Trinajstić information content (AvgIpc) is 4.11. The first kappa shape index (κ1) is 35.0. The van der Waals surface area contributed by atoms with Crippen molar-refractivity contribution >= 4 is 99.0 Å². The van der Waals surface area contributed by atoms with E-state index in [1.54, 1.807) is 0 Å². The Balaban J connectivity index is 0.857. The first-order valence-electron chi connectivity index (χ1n) is 21.8. The largest absolute Gasteiger partial charge is 0.456 e. The molecule has 4 heterocycles. The highest BCUT2D eigenvalue weighted by Crippen LogP contribution is 2.43. The van der Waals surface area contributed by atoms with E-state index in [2.05, 4.69) is 216 Å². The summed E-state index contributed by atoms with van der Waals surface area (Å²) >= 11 is 0. The van der Waals surface area contributed by atoms with Gasteiger partial charge in [-0.1, -0.05) is 133 Å². The molecular formula is C60H36N2O2. The molecule has 0 aliphatic heterocycles. The first-order valence-corrected chi connectivity index (χ1v) is 21.8. The van der Waals surface area contributed by atoms with Gasteiger partial charge in [-0.15, -0.1) is 0 Å². The topological polar surface area (TPSA) is 33.9 Å². The minimum atomic E-state index is 0.844. The smallest absolute Gasteiger partial charge is 0.137 e. The van der Waals surface area contributed by atoms with Crippen LogP contribution in [0.5, 0.6) is 0 Å². The number of anilines is 3. The number of aromatic nitrogens is 1. The molecule has 4 nitrogen and oxygen atoms in total. The van der Waals surface area contributed by atoms with Gasteiger partial charge in [0.25, 0.3) is 0 Å². The molecule has 0 saturated heterocycles. The van der Waals surface area contributed by atoms with Crippen LogP contribution >= 0.6 is 0 Å². The van der Waals surface area contributed by atoms with Gasteiger partial charge in [0.2, 0.25) is 0 Å². The number of furan rings is 2. The van der Waals surface area contributed by atoms with Crippen LogP contribution in [0, 0.1) is 0 Å². The number of benzene rings is 10. The molecule has 0 saturated carbocycles. The van der Waals surface area contributed by atoms with Crippen molar-refractivity contribution in [3.63, 3.8) is 0 Å². The van der Waals surface area contributed by atoms with Crippen LogP contribution in [-0.4, -0.2) is 4.40 Å². The number of rotatable bonds is 6. The van der Waals surface area contributed by atoms with E-state index in [0.29, 0.717) is 0 Å². The maximum atomic E-state index is 6.78. The van der Waals surface area contributed by atoms with Gasteiger partial charge < -0.3 is 18.1 Å². The molecule has 0 radical (unpaired) electrons. The Bertz CT molecular complexity index is 4120. The van der Waals surface area contributed by atoms with Gasteiger partial charge in [0.1, 0.15) is 22.3 Å². The Morgan fingerprint density at radius 2 is 0.703 bits per heavy atom. The van der Waals surface area contributed by atoms with Gasteiger partial charge in [-0.05, 0) is 112 Å². The van der Waals surface area contributed by atoms with Gasteiger partial charge in [0.15, 0.2) is 0 Å². The molecule has 4 heteroatoms. The lowest BCUT2D eigenvalue weighted by molar-refractivity contribution is 0.668. The molecule has 4 aromatic heterocycles. The quantitative estimate of drug-likeness (QED) is 0.168. The molecule has 0 spiro atoms. The maximum absolute atomic E-state index is 6.78. The van der Waals surface area contributed by atoms with E-state index in [-0.39, 0.29) is 0 Å². The second-order valence-electron chi connectivity index (χ2n) is 16.9. The van der Waals surface area contributed by atoms with Crippen LogP contribution in [0.3, 0.4) is 0 Å². The number of fused-ring (bicyclic) bond motifs is 12. The molecule has 0 N–H and O–H groups in total. The molecule has 0 atom stereocenters. The van der Waals surface area contributed by atoms with Crippen molar-refractivity contribution in [2.75, 3.05) is 4.90 Å². The van der Waals surface area contributed by atoms with Crippen molar-refractivity contribution in [2.24, 2.45) is 0 Å². The number of hydrogen-bond acceptors (Lipinski definition) is 3. The molecule has 298 valence electrons. The van der Waals surface area contributed by atoms with Gasteiger partial charge in [-0.3, -0.25) is 0 Å². The predicted octanol–water partition coefficient (Wildman–Crippen LogP) is 17.1. The van der Waals surface area contributed by atoms with E-state index in [4.69, 9.17) is 8.83 Å². The average molecular weight is 817 g/mol. The molecule has 14 rings (SSSR count). The lowest BCUT2D eigenvalue weighted by atomic mass is 10.0. The van der Waals surface area contributed by atoms with Crippen molar-refractivity contribution in [3.05, 3.63) is 218 Å². The third-order valence-electron chi connectivity index (χ3n) is 13.3. The van der Waals surface area contributed by atoms with Crippen LogP contribution < -0.4 is 4.90 Å². The van der Waals surface area contributed by atoms with Gasteiger partial charge in [0, 0.05) is 66.2 Å². The van der Waals surface area contributed by atoms with Crippen molar-refractivity contribution in [1.29, 1.82) is 0 Å². The fourth-order valence-corrected chi connectivity index (χ4v) is 10.3. The van der Waals surface area contributed by atoms with Crippen molar-refractivity contribution < 1.29 is 8.83 Å². The van der Waals surface area contributed by atoms with E-state index >= 15 is 0 Å². The molecule has 0 amide bonds. The standard InChI is InChI=1S/C60H36N2O2/c1-2-9-37(10-3-1)38-17-24-43(25-18-38)61(44-26-19-39(20-27-44)41-22-30-49-48-12-5-7-16-56(48)63-57(49)34-41)45-28-32-51-50-31-23-42(35-58(50)64-59(51)36-45)40-21-29-47-53-14-8-13-52-46-11-4-6-15-54(46)62(60(52)53)55(47)33-40/h1-36H. The Morgan fingerprint density at radius 3 is 1.41 bits per heavy atom. The Kier molecular flexibility index (Phi) is 7.36. The Morgan fingerprint density at radius 1 is 0.266 bits per heavy atom. The second kappa shape index (κ2) is 13.4. The Labute approximate surface area is 367 Å². The van der Waals surface area contributed by atoms with Gasteiger partial charge in [-0.25, -0.2) is 0 Å². The zero-order chi connectivity index (χ0) is 41.9. The van der Waals surface area contributed by atoms with E-state index in [9.17, 15) is 0 Å². The molecule has 0 aliphatic rings. The van der Waals surface area contributed by atoms with Crippen LogP contribution in [0.4, 0.5) is 17.1 Å². The molecule has 14 aromatic rings. The molecule has 0 aliphatic carbocycles. The highest BCUT2D eigenvalue weighted by Gasteiger charge is 2.20. The van der Waals surface area contributed by atoms with Crippen LogP contribution in [0.15, 0.2) is 227 Å². The summed E-state index contributed by atoms with van der Waals surface area (Å²) < 4.78 is 15.5. The zero-order valence-electron chi connectivity index (χ0n) is 34.5. The second-order valence-corrected chi connectivity index (χ2v) is 16.9. The highest BCUT2D eigenvalue weighted by molar-refractivity contribution is 6.23. The van der Waals surface area contributed by atoms with Crippen molar-refractivity contribution in [1.82, 2.24) is 4.40 Å². The maximum Gasteiger partial charge on any atom is 0.137 e. The number of hydrogen-bond donors (Lipinski definition) is 0. The summed E-state index contributed by atoms with van der Waals surface area (Å²) in [4.78, 5) is 2.31.